The van der Waals surface area contributed by atoms with E-state index >= 15 is 0 Å². The van der Waals surface area contributed by atoms with Gasteiger partial charge in [-0.15, -0.1) is 33.7 Å². The van der Waals surface area contributed by atoms with Gasteiger partial charge in [0, 0.05) is 205 Å². The Morgan fingerprint density at radius 3 is 1.20 bits per heavy atom. The van der Waals surface area contributed by atoms with E-state index in [1.165, 1.54) is 147 Å². The van der Waals surface area contributed by atoms with Gasteiger partial charge in [-0.1, -0.05) is 173 Å². The summed E-state index contributed by atoms with van der Waals surface area (Å²) in [7, 11) is 3.17. The minimum absolute atomic E-state index is 0. The fourth-order valence-corrected chi connectivity index (χ4v) is 31.5. The van der Waals surface area contributed by atoms with Gasteiger partial charge >= 0.3 is 0 Å². The first-order valence-corrected chi connectivity index (χ1v) is 54.7. The third-order valence-electron chi connectivity index (χ3n) is 29.2. The van der Waals surface area contributed by atoms with E-state index in [0.717, 1.165) is 85.4 Å². The molecular weight excluding hydrogens is 2840 g/mol. The maximum Gasteiger partial charge on any atom is 0.159 e. The van der Waals surface area contributed by atoms with E-state index in [1.54, 1.807) is 0 Å². The van der Waals surface area contributed by atoms with Gasteiger partial charge in [0.25, 0.3) is 0 Å². The molecule has 0 fully saturated rings. The third kappa shape index (κ3) is 14.2. The summed E-state index contributed by atoms with van der Waals surface area (Å²) < 4.78 is 9.05. The van der Waals surface area contributed by atoms with Crippen molar-refractivity contribution in [1.29, 1.82) is 0 Å². The number of hydrogen-bond acceptors (Lipinski definition) is 12. The molecule has 702 valence electrons. The van der Waals surface area contributed by atoms with Crippen LogP contribution in [0.4, 0.5) is 79.9 Å². The molecule has 0 saturated carbocycles. The molecule has 18 heterocycles. The van der Waals surface area contributed by atoms with E-state index in [0.29, 0.717) is 0 Å². The molecule has 0 atom stereocenters. The summed E-state index contributed by atoms with van der Waals surface area (Å²) in [6, 6.07) is 123. The van der Waals surface area contributed by atoms with Crippen molar-refractivity contribution < 1.29 is 121 Å². The molecule has 140 heavy (non-hydrogen) atoms. The van der Waals surface area contributed by atoms with Crippen molar-refractivity contribution in [2.75, 3.05) is 57.6 Å². The van der Waals surface area contributed by atoms with Crippen LogP contribution in [0.5, 0.6) is 0 Å². The number of benzene rings is 12. The molecule has 0 N–H and O–H groups in total. The molecule has 0 spiro atoms. The number of anilines is 14. The first-order chi connectivity index (χ1) is 65.3. The smallest absolute Gasteiger partial charge is 0.159 e. The molecule has 0 saturated heterocycles. The van der Waals surface area contributed by atoms with Crippen LogP contribution in [0.3, 0.4) is 0 Å². The van der Waals surface area contributed by atoms with Crippen molar-refractivity contribution in [3.05, 3.63) is 376 Å². The van der Waals surface area contributed by atoms with Crippen LogP contribution in [0.2, 0.25) is 39.3 Å². The standard InChI is InChI=1S/C21H21N2Si2.C20H15N2.C19H15N4.C19H15N2Si.2C18H12N3.6Ir/c1-24(2)16-10-6-5-9-15(16)23-20-17(24)11-7-12-18(20)25(3,4)19-13-8-14-22-21(19)23;1-20(2)15-9-3-4-11-17(15)22-18-13(7-5-10-16(18)20)14-8-6-12-21-19(14)22;1-21-13-7-3-4-8-14(13)23-18-15(21)9-5-10-16(18)22(2)17-11-6-12-20-19(17)23;1-22(2)16-10-5-8-14-13-7-3-4-9-15(13)21(18(14)16)19-17(22)11-6-12-20-19;1-20-14-8-2-3-9-15(14)21-17-12(6-4-10-16(17)20)13-7-5-11-19-18(13)21;1-20-15-9-4-7-13-12-6-2-3-8-14(12)21(17(13)15)18-16(20)10-5-11-19-18;;;;;;/h5-8,10-14H,1-4H3;3-10,12H,1-2H3;3-7,9-12H,1-2H3;3-8,10-12H,1-2H3;2-8,10-11H,1H3;2-7,9-11H,1H3;;;;;;/q6*-1;;;;;;. The fourth-order valence-electron chi connectivity index (χ4n) is 22.6. The van der Waals surface area contributed by atoms with Gasteiger partial charge in [-0.25, -0.2) is 29.9 Å². The van der Waals surface area contributed by atoms with Gasteiger partial charge in [0.05, 0.1) is 64.4 Å². The second-order valence-corrected chi connectivity index (χ2v) is 50.6. The largest absolute Gasteiger partial charge is 0.394 e. The summed E-state index contributed by atoms with van der Waals surface area (Å²) in [6.45, 7) is 19.3. The molecule has 0 unspecified atom stereocenters. The van der Waals surface area contributed by atoms with Crippen LogP contribution < -0.4 is 60.5 Å². The Kier molecular flexibility index (Phi) is 25.5. The van der Waals surface area contributed by atoms with Gasteiger partial charge in [0.1, 0.15) is 39.1 Å². The molecule has 0 bridgehead atoms. The summed E-state index contributed by atoms with van der Waals surface area (Å²) in [5.74, 6) is 4.14. The first-order valence-electron chi connectivity index (χ1n) is 45.7. The average molecular weight is 2930 g/mol. The summed E-state index contributed by atoms with van der Waals surface area (Å²) in [6.07, 6.45) is 11.2. The van der Waals surface area contributed by atoms with Crippen LogP contribution in [-0.2, 0) is 126 Å². The normalized spacial score (nSPS) is 14.2. The zero-order chi connectivity index (χ0) is 90.7. The maximum atomic E-state index is 4.84. The minimum Gasteiger partial charge on any atom is -0.394 e. The predicted octanol–water partition coefficient (Wildman–Crippen LogP) is 23.0. The van der Waals surface area contributed by atoms with Gasteiger partial charge in [0.2, 0.25) is 0 Å². The molecule has 30 rings (SSSR count). The van der Waals surface area contributed by atoms with Gasteiger partial charge in [-0.05, 0) is 169 Å². The van der Waals surface area contributed by atoms with Gasteiger partial charge in [-0.2, -0.15) is 133 Å². The number of rotatable bonds is 0. The molecule has 0 amide bonds. The van der Waals surface area contributed by atoms with Crippen LogP contribution >= 0.6 is 0 Å². The van der Waals surface area contributed by atoms with Crippen molar-refractivity contribution in [1.82, 2.24) is 48.2 Å². The molecule has 12 aromatic carbocycles. The molecule has 10 aromatic heterocycles. The van der Waals surface area contributed by atoms with E-state index in [4.69, 9.17) is 9.97 Å². The Morgan fingerprint density at radius 2 is 0.571 bits per heavy atom. The molecule has 0 aliphatic carbocycles. The maximum absolute atomic E-state index is 4.84. The summed E-state index contributed by atoms with van der Waals surface area (Å²) in [4.78, 5) is 41.6. The van der Waals surface area contributed by atoms with E-state index in [-0.39, 0.29) is 126 Å². The fraction of sp³-hybridized carbons (Fsp3) is 0.113. The number of para-hydroxylation sites is 12. The first kappa shape index (κ1) is 96.9. The summed E-state index contributed by atoms with van der Waals surface area (Å²) in [5, 5.41) is 18.8. The molecule has 8 aliphatic rings. The van der Waals surface area contributed by atoms with Gasteiger partial charge < -0.3 is 47.7 Å². The monoisotopic (exact) mass is 2940 g/mol. The number of fused-ring (bicyclic) bond motifs is 28. The van der Waals surface area contributed by atoms with Crippen LogP contribution in [0.15, 0.2) is 328 Å². The second-order valence-electron chi connectivity index (χ2n) is 37.6. The Labute approximate surface area is 897 Å². The minimum atomic E-state index is -1.77. The average Bonchev–Trinajstić information content (AvgIpc) is 1.32. The van der Waals surface area contributed by atoms with Crippen molar-refractivity contribution in [3.63, 3.8) is 0 Å². The van der Waals surface area contributed by atoms with Crippen molar-refractivity contribution >= 4 is 223 Å². The Hall–Kier alpha value is -11.9. The molecule has 6 radical (unpaired) electrons. The van der Waals surface area contributed by atoms with E-state index in [9.17, 15) is 0 Å². The van der Waals surface area contributed by atoms with Crippen LogP contribution in [0.25, 0.3) is 110 Å². The number of nitrogens with zero attached hydrogens (tertiary/aromatic N) is 16. The summed E-state index contributed by atoms with van der Waals surface area (Å²) >= 11 is 0. The molecular formula is C115H90Ir6N16Si3-6. The van der Waals surface area contributed by atoms with E-state index in [1.807, 2.05) is 116 Å². The van der Waals surface area contributed by atoms with Gasteiger partial charge in [0.15, 0.2) is 11.6 Å². The summed E-state index contributed by atoms with van der Waals surface area (Å²) in [5.41, 5.74) is 28.2. The zero-order valence-corrected chi connectivity index (χ0v) is 95.7. The number of hydrogen-bond donors (Lipinski definition) is 0. The molecule has 8 aliphatic heterocycles. The zero-order valence-electron chi connectivity index (χ0n) is 78.3. The molecule has 25 heteroatoms. The topological polar surface area (TPSA) is 116 Å². The van der Waals surface area contributed by atoms with Crippen molar-refractivity contribution in [2.24, 2.45) is 0 Å². The number of pyridine rings is 6. The second kappa shape index (κ2) is 36.9. The number of aromatic nitrogens is 10. The third-order valence-corrected chi connectivity index (χ3v) is 39.6. The Bertz CT molecular complexity index is 8240. The predicted molar refractivity (Wildman–Crippen MR) is 560 cm³/mol. The van der Waals surface area contributed by atoms with Crippen molar-refractivity contribution in [2.45, 2.75) is 58.5 Å². The van der Waals surface area contributed by atoms with Crippen LogP contribution in [0.1, 0.15) is 25.0 Å². The Balaban J connectivity index is 0.000000106. The molecule has 22 aromatic rings. The Morgan fingerprint density at radius 1 is 0.236 bits per heavy atom. The molecule has 16 nitrogen and oxygen atoms in total. The SMILES string of the molecule is CC1(C)c2ccc[c-]c2-n2c3ncccc3c3cccc1c32.CN1c2ccc[c-]c2-n2c3ncccc3c3cccc1c32.CN1c2ccc[c-]c2N2c3ncccc3N(C)c3cccc1c32.CN1c2cccnc2-n2c3[c-]cccc3c3cccc1c32.C[Si]1(C)c2ccc[c-]c2N2c3ncccc3[Si](C)(C)c3cccc1c32.C[Si]1(C)c2cccnc2-n2c3[c-]cccc3c3cccc1c32.[Ir].[Ir].[Ir].[Ir].[Ir].[Ir]. The van der Waals surface area contributed by atoms with Crippen molar-refractivity contribution in [3.8, 4) is 23.0 Å². The van der Waals surface area contributed by atoms with Crippen LogP contribution in [-0.4, -0.2) is 101 Å². The van der Waals surface area contributed by atoms with Crippen LogP contribution in [0, 0.1) is 36.4 Å². The van der Waals surface area contributed by atoms with E-state index < -0.39 is 24.2 Å². The quantitative estimate of drug-likeness (QED) is 0.106. The van der Waals surface area contributed by atoms with E-state index in [2.05, 4.69) is 398 Å². The van der Waals surface area contributed by atoms with Gasteiger partial charge in [-0.3, -0.25) is 0 Å².